The van der Waals surface area contributed by atoms with Crippen LogP contribution in [0, 0.1) is 0 Å². The fourth-order valence-corrected chi connectivity index (χ4v) is 8.78. The van der Waals surface area contributed by atoms with Gasteiger partial charge >= 0.3 is 5.97 Å². The van der Waals surface area contributed by atoms with Crippen molar-refractivity contribution in [2.24, 2.45) is 0 Å². The molecule has 11 unspecified atom stereocenters. The smallest absolute Gasteiger partial charge is 0.306 e. The molecule has 2 fully saturated rings. The Morgan fingerprint density at radius 2 is 0.886 bits per heavy atom. The molecule has 410 valence electrons. The molecule has 70 heavy (non-hydrogen) atoms. The fourth-order valence-electron chi connectivity index (χ4n) is 8.78. The number of ether oxygens (including phenoxy) is 6. The molecule has 11 atom stereocenters. The maximum Gasteiger partial charge on any atom is 0.306 e. The van der Waals surface area contributed by atoms with Crippen molar-refractivity contribution < 1.29 is 69.0 Å². The molecule has 14 nitrogen and oxygen atoms in total. The minimum atomic E-state index is -1.71. The van der Waals surface area contributed by atoms with Gasteiger partial charge in [-0.1, -0.05) is 172 Å². The van der Waals surface area contributed by atoms with E-state index in [0.717, 1.165) is 57.8 Å². The summed E-state index contributed by atoms with van der Waals surface area (Å²) < 4.78 is 34.3. The Kier molecular flexibility index (Phi) is 40.1. The molecule has 2 heterocycles. The zero-order valence-corrected chi connectivity index (χ0v) is 43.8. The minimum absolute atomic E-state index is 0.0548. The van der Waals surface area contributed by atoms with Crippen LogP contribution < -0.4 is 0 Å². The lowest BCUT2D eigenvalue weighted by molar-refractivity contribution is -0.332. The van der Waals surface area contributed by atoms with Crippen LogP contribution in [0.2, 0.25) is 0 Å². The fraction of sp³-hybridized carbons (Fsp3) is 0.875. The second-order valence-electron chi connectivity index (χ2n) is 19.8. The average Bonchev–Trinajstić information content (AvgIpc) is 3.36. The highest BCUT2D eigenvalue weighted by atomic mass is 16.7. The SMILES string of the molecule is CCCCCC/C=C\C/C=C\CCCCCCCCOCC(COC1OC(COC2OC(CO)C(O)C(O)C2O)C(O)C(O)C1O)OC(=O)CCCCCCCCCCC/C=C\CCCCCCCC. The molecule has 2 rings (SSSR count). The van der Waals surface area contributed by atoms with Gasteiger partial charge in [-0.3, -0.25) is 4.79 Å². The molecule has 0 radical (unpaired) electrons. The van der Waals surface area contributed by atoms with Gasteiger partial charge in [0.25, 0.3) is 0 Å². The van der Waals surface area contributed by atoms with Crippen molar-refractivity contribution in [2.75, 3.05) is 33.0 Å². The number of aliphatic hydroxyl groups excluding tert-OH is 7. The third-order valence-electron chi connectivity index (χ3n) is 13.4. The van der Waals surface area contributed by atoms with Crippen molar-refractivity contribution >= 4 is 5.97 Å². The predicted molar refractivity (Wildman–Crippen MR) is 275 cm³/mol. The summed E-state index contributed by atoms with van der Waals surface area (Å²) in [5, 5.41) is 72.3. The minimum Gasteiger partial charge on any atom is -0.457 e. The van der Waals surface area contributed by atoms with E-state index in [-0.39, 0.29) is 25.6 Å². The summed E-state index contributed by atoms with van der Waals surface area (Å²) >= 11 is 0. The number of unbranched alkanes of at least 4 members (excludes halogenated alkanes) is 25. The Morgan fingerprint density at radius 1 is 0.471 bits per heavy atom. The lowest BCUT2D eigenvalue weighted by Gasteiger charge is -2.42. The summed E-state index contributed by atoms with van der Waals surface area (Å²) in [6, 6.07) is 0. The van der Waals surface area contributed by atoms with E-state index in [1.807, 2.05) is 0 Å². The Bertz CT molecular complexity index is 1300. The molecule has 0 aliphatic carbocycles. The van der Waals surface area contributed by atoms with Crippen molar-refractivity contribution in [2.45, 2.75) is 280 Å². The summed E-state index contributed by atoms with van der Waals surface area (Å²) in [5.74, 6) is -0.381. The van der Waals surface area contributed by atoms with Gasteiger partial charge in [0, 0.05) is 13.0 Å². The molecular weight excluding hydrogens is 897 g/mol. The number of esters is 1. The van der Waals surface area contributed by atoms with Gasteiger partial charge in [-0.25, -0.2) is 0 Å². The van der Waals surface area contributed by atoms with Crippen LogP contribution in [0.5, 0.6) is 0 Å². The van der Waals surface area contributed by atoms with E-state index in [0.29, 0.717) is 13.0 Å². The maximum absolute atomic E-state index is 13.1. The number of allylic oxidation sites excluding steroid dienone is 6. The Hall–Kier alpha value is -1.79. The molecule has 0 spiro atoms. The molecule has 0 aromatic rings. The van der Waals surface area contributed by atoms with Gasteiger partial charge < -0.3 is 64.2 Å². The molecule has 0 amide bonds. The van der Waals surface area contributed by atoms with Gasteiger partial charge in [-0.2, -0.15) is 0 Å². The van der Waals surface area contributed by atoms with Crippen molar-refractivity contribution in [3.05, 3.63) is 36.5 Å². The second-order valence-corrected chi connectivity index (χ2v) is 19.8. The van der Waals surface area contributed by atoms with Crippen LogP contribution >= 0.6 is 0 Å². The zero-order chi connectivity index (χ0) is 50.9. The predicted octanol–water partition coefficient (Wildman–Crippen LogP) is 9.36. The molecule has 7 N–H and O–H groups in total. The van der Waals surface area contributed by atoms with Crippen molar-refractivity contribution in [3.8, 4) is 0 Å². The standard InChI is InChI=1S/C56H102O14/c1-3-5-7-9-11-13-15-17-19-21-22-23-25-27-29-31-33-35-37-39-48(58)68-45(42-65-40-38-36-34-32-30-28-26-24-20-18-16-14-12-10-8-6-4-2)43-66-55-54(64)52(62)50(60)47(70-55)44-67-56-53(63)51(61)49(59)46(41-57)69-56/h14,16-17,19-20,24,45-47,49-57,59-64H,3-13,15,18,21-23,25-44H2,1-2H3/b16-14-,19-17-,24-20-. The van der Waals surface area contributed by atoms with E-state index in [9.17, 15) is 40.5 Å². The van der Waals surface area contributed by atoms with Gasteiger partial charge in [0.15, 0.2) is 12.6 Å². The van der Waals surface area contributed by atoms with Gasteiger partial charge in [0.1, 0.15) is 54.9 Å². The highest BCUT2D eigenvalue weighted by Gasteiger charge is 2.47. The lowest BCUT2D eigenvalue weighted by Crippen LogP contribution is -2.61. The number of rotatable bonds is 45. The molecule has 0 aromatic heterocycles. The first kappa shape index (κ1) is 64.3. The molecule has 2 saturated heterocycles. The van der Waals surface area contributed by atoms with Crippen LogP contribution in [0.15, 0.2) is 36.5 Å². The molecule has 14 heteroatoms. The first-order valence-corrected chi connectivity index (χ1v) is 28.1. The molecule has 0 bridgehead atoms. The first-order valence-electron chi connectivity index (χ1n) is 28.1. The Morgan fingerprint density at radius 3 is 1.40 bits per heavy atom. The van der Waals surface area contributed by atoms with Crippen LogP contribution in [-0.4, -0.2) is 142 Å². The van der Waals surface area contributed by atoms with E-state index in [1.54, 1.807) is 0 Å². The average molecular weight is 999 g/mol. The summed E-state index contributed by atoms with van der Waals surface area (Å²) in [4.78, 5) is 13.1. The Labute approximate surface area is 423 Å². The number of carbonyl (C=O) groups is 1. The van der Waals surface area contributed by atoms with Gasteiger partial charge in [-0.05, 0) is 70.6 Å². The second kappa shape index (κ2) is 43.6. The molecule has 2 aliphatic heterocycles. The van der Waals surface area contributed by atoms with E-state index >= 15 is 0 Å². The zero-order valence-electron chi connectivity index (χ0n) is 43.8. The van der Waals surface area contributed by atoms with Crippen LogP contribution in [0.25, 0.3) is 0 Å². The first-order chi connectivity index (χ1) is 34.1. The highest BCUT2D eigenvalue weighted by molar-refractivity contribution is 5.69. The lowest BCUT2D eigenvalue weighted by atomic mass is 9.98. The third-order valence-corrected chi connectivity index (χ3v) is 13.4. The molecular formula is C56H102O14. The largest absolute Gasteiger partial charge is 0.457 e. The maximum atomic E-state index is 13.1. The van der Waals surface area contributed by atoms with E-state index in [1.165, 1.54) is 128 Å². The molecule has 0 saturated carbocycles. The number of hydrogen-bond acceptors (Lipinski definition) is 14. The van der Waals surface area contributed by atoms with Crippen LogP contribution in [0.1, 0.15) is 213 Å². The van der Waals surface area contributed by atoms with Crippen molar-refractivity contribution in [1.29, 1.82) is 0 Å². The van der Waals surface area contributed by atoms with Crippen LogP contribution in [0.4, 0.5) is 0 Å². The normalized spacial score (nSPS) is 25.7. The quantitative estimate of drug-likeness (QED) is 0.0172. The summed E-state index contributed by atoms with van der Waals surface area (Å²) in [6.07, 6.45) is 33.4. The highest BCUT2D eigenvalue weighted by Crippen LogP contribution is 2.26. The van der Waals surface area contributed by atoms with Gasteiger partial charge in [-0.15, -0.1) is 0 Å². The van der Waals surface area contributed by atoms with Crippen LogP contribution in [-0.2, 0) is 33.2 Å². The van der Waals surface area contributed by atoms with E-state index in [2.05, 4.69) is 50.3 Å². The monoisotopic (exact) mass is 999 g/mol. The Balaban J connectivity index is 1.74. The van der Waals surface area contributed by atoms with Crippen molar-refractivity contribution in [1.82, 2.24) is 0 Å². The third kappa shape index (κ3) is 30.4. The van der Waals surface area contributed by atoms with Gasteiger partial charge in [0.05, 0.1) is 26.4 Å². The molecule has 2 aliphatic rings. The van der Waals surface area contributed by atoms with Gasteiger partial charge in [0.2, 0.25) is 0 Å². The molecule has 0 aromatic carbocycles. The van der Waals surface area contributed by atoms with Crippen molar-refractivity contribution in [3.63, 3.8) is 0 Å². The summed E-state index contributed by atoms with van der Waals surface area (Å²) in [5.41, 5.74) is 0. The topological polar surface area (TPSA) is 214 Å². The summed E-state index contributed by atoms with van der Waals surface area (Å²) in [7, 11) is 0. The van der Waals surface area contributed by atoms with E-state index in [4.69, 9.17) is 28.4 Å². The number of hydrogen-bond donors (Lipinski definition) is 7. The summed E-state index contributed by atoms with van der Waals surface area (Å²) in [6.45, 7) is 3.66. The number of aliphatic hydroxyl groups is 7. The van der Waals surface area contributed by atoms with Crippen LogP contribution in [0.3, 0.4) is 0 Å². The number of carbonyl (C=O) groups excluding carboxylic acids is 1. The van der Waals surface area contributed by atoms with E-state index < -0.39 is 80.7 Å².